The van der Waals surface area contributed by atoms with Gasteiger partial charge in [-0.3, -0.25) is 9.36 Å². The summed E-state index contributed by atoms with van der Waals surface area (Å²) in [5, 5.41) is 2.08. The molecule has 0 saturated carbocycles. The van der Waals surface area contributed by atoms with Crippen LogP contribution in [0.4, 0.5) is 0 Å². The van der Waals surface area contributed by atoms with Crippen LogP contribution in [0.25, 0.3) is 11.8 Å². The maximum absolute atomic E-state index is 13.7. The summed E-state index contributed by atoms with van der Waals surface area (Å²) in [7, 11) is 1.65. The fraction of sp³-hybridized carbons (Fsp3) is 0.154. The highest BCUT2D eigenvalue weighted by atomic mass is 32.1. The lowest BCUT2D eigenvalue weighted by molar-refractivity contribution is 0.414. The molecule has 2 aliphatic rings. The van der Waals surface area contributed by atoms with Crippen molar-refractivity contribution < 1.29 is 4.74 Å². The van der Waals surface area contributed by atoms with Gasteiger partial charge in [0.25, 0.3) is 5.56 Å². The van der Waals surface area contributed by atoms with Gasteiger partial charge in [0.1, 0.15) is 5.75 Å². The number of nitrogens with zero attached hydrogens (tertiary/aromatic N) is 2. The Labute approximate surface area is 193 Å². The smallest absolute Gasteiger partial charge is 0.271 e. The molecule has 158 valence electrons. The van der Waals surface area contributed by atoms with Gasteiger partial charge in [0, 0.05) is 16.0 Å². The second kappa shape index (κ2) is 7.73. The van der Waals surface area contributed by atoms with Crippen molar-refractivity contribution in [2.75, 3.05) is 7.11 Å². The summed E-state index contributed by atoms with van der Waals surface area (Å²) in [6, 6.07) is 20.3. The average molecular weight is 457 g/mol. The molecule has 0 spiro atoms. The van der Waals surface area contributed by atoms with E-state index >= 15 is 0 Å². The molecule has 6 rings (SSSR count). The molecule has 2 aromatic heterocycles. The number of fused-ring (bicyclic) bond motifs is 3. The van der Waals surface area contributed by atoms with Crippen LogP contribution in [-0.2, 0) is 6.42 Å². The number of methoxy groups -OCH3 is 1. The van der Waals surface area contributed by atoms with Crippen LogP contribution in [0, 0.1) is 0 Å². The highest BCUT2D eigenvalue weighted by molar-refractivity contribution is 7.10. The molecule has 2 aromatic carbocycles. The van der Waals surface area contributed by atoms with Crippen molar-refractivity contribution in [1.82, 2.24) is 4.57 Å². The summed E-state index contributed by atoms with van der Waals surface area (Å²) in [6.07, 6.45) is 3.80. The minimum Gasteiger partial charge on any atom is -0.496 e. The monoisotopic (exact) mass is 456 g/mol. The van der Waals surface area contributed by atoms with Crippen molar-refractivity contribution in [3.63, 3.8) is 0 Å². The number of hydrogen-bond acceptors (Lipinski definition) is 5. The van der Waals surface area contributed by atoms with E-state index in [1.165, 1.54) is 32.9 Å². The molecular formula is C26H20N2O2S2. The lowest BCUT2D eigenvalue weighted by Gasteiger charge is -2.30. The molecule has 1 atom stereocenters. The zero-order valence-electron chi connectivity index (χ0n) is 17.4. The van der Waals surface area contributed by atoms with E-state index in [0.717, 1.165) is 34.7 Å². The topological polar surface area (TPSA) is 43.6 Å². The van der Waals surface area contributed by atoms with E-state index < -0.39 is 0 Å². The minimum atomic E-state index is -0.102. The lowest BCUT2D eigenvalue weighted by Crippen LogP contribution is -2.38. The summed E-state index contributed by atoms with van der Waals surface area (Å²) >= 11 is 3.15. The fourth-order valence-corrected chi connectivity index (χ4v) is 6.48. The predicted molar refractivity (Wildman–Crippen MR) is 130 cm³/mol. The van der Waals surface area contributed by atoms with E-state index in [-0.39, 0.29) is 11.6 Å². The SMILES string of the molecule is COc1ccccc1/C=c1\sc2n(c1=O)[C@H](c1cccs1)C1=C(N=2)c2ccccc2CC1. The maximum atomic E-state index is 13.7. The number of allylic oxidation sites excluding steroid dienone is 1. The first kappa shape index (κ1) is 19.5. The van der Waals surface area contributed by atoms with Crippen LogP contribution >= 0.6 is 22.7 Å². The van der Waals surface area contributed by atoms with E-state index in [1.54, 1.807) is 18.4 Å². The number of aryl methyl sites for hydroxylation is 1. The molecule has 0 N–H and O–H groups in total. The Kier molecular flexibility index (Phi) is 4.70. The van der Waals surface area contributed by atoms with Gasteiger partial charge in [-0.1, -0.05) is 59.9 Å². The molecule has 0 saturated heterocycles. The third-order valence-corrected chi connectivity index (χ3v) is 8.02. The van der Waals surface area contributed by atoms with Gasteiger partial charge in [0.05, 0.1) is 23.4 Å². The largest absolute Gasteiger partial charge is 0.496 e. The van der Waals surface area contributed by atoms with Gasteiger partial charge in [-0.15, -0.1) is 11.3 Å². The quantitative estimate of drug-likeness (QED) is 0.459. The van der Waals surface area contributed by atoms with Crippen LogP contribution in [0.1, 0.15) is 34.0 Å². The minimum absolute atomic E-state index is 0.00321. The summed E-state index contributed by atoms with van der Waals surface area (Å²) < 4.78 is 8.05. The molecule has 6 heteroatoms. The Balaban J connectivity index is 1.63. The van der Waals surface area contributed by atoms with Crippen LogP contribution in [0.3, 0.4) is 0 Å². The molecular weight excluding hydrogens is 436 g/mol. The van der Waals surface area contributed by atoms with Crippen LogP contribution in [-0.4, -0.2) is 11.7 Å². The second-order valence-electron chi connectivity index (χ2n) is 7.87. The van der Waals surface area contributed by atoms with E-state index in [1.807, 2.05) is 34.9 Å². The molecule has 0 radical (unpaired) electrons. The summed E-state index contributed by atoms with van der Waals surface area (Å²) in [5.74, 6) is 0.751. The van der Waals surface area contributed by atoms with E-state index in [2.05, 4.69) is 41.8 Å². The van der Waals surface area contributed by atoms with Crippen LogP contribution in [0.2, 0.25) is 0 Å². The fourth-order valence-electron chi connectivity index (χ4n) is 4.64. The Hall–Kier alpha value is -3.22. The molecule has 32 heavy (non-hydrogen) atoms. The number of thiophene rings is 1. The maximum Gasteiger partial charge on any atom is 0.271 e. The highest BCUT2D eigenvalue weighted by Gasteiger charge is 2.32. The van der Waals surface area contributed by atoms with Gasteiger partial charge in [-0.05, 0) is 47.6 Å². The van der Waals surface area contributed by atoms with Gasteiger partial charge in [-0.2, -0.15) is 0 Å². The van der Waals surface area contributed by atoms with Crippen molar-refractivity contribution in [3.8, 4) is 5.75 Å². The zero-order chi connectivity index (χ0) is 21.7. The van der Waals surface area contributed by atoms with Crippen molar-refractivity contribution in [2.24, 2.45) is 4.99 Å². The lowest BCUT2D eigenvalue weighted by atomic mass is 9.85. The Bertz CT molecular complexity index is 1540. The number of ether oxygens (including phenoxy) is 1. The third kappa shape index (κ3) is 3.02. The summed E-state index contributed by atoms with van der Waals surface area (Å²) in [4.78, 5) is 20.6. The first-order valence-corrected chi connectivity index (χ1v) is 12.2. The van der Waals surface area contributed by atoms with Crippen LogP contribution in [0.15, 0.2) is 81.4 Å². The highest BCUT2D eigenvalue weighted by Crippen LogP contribution is 2.42. The van der Waals surface area contributed by atoms with Gasteiger partial charge in [-0.25, -0.2) is 4.99 Å². The van der Waals surface area contributed by atoms with Crippen LogP contribution in [0.5, 0.6) is 5.75 Å². The van der Waals surface area contributed by atoms with E-state index in [9.17, 15) is 4.79 Å². The first-order valence-electron chi connectivity index (χ1n) is 10.5. The normalized spacial score (nSPS) is 17.4. The van der Waals surface area contributed by atoms with Crippen molar-refractivity contribution in [3.05, 3.63) is 113 Å². The van der Waals surface area contributed by atoms with Crippen molar-refractivity contribution in [1.29, 1.82) is 0 Å². The number of benzene rings is 2. The number of thiazole rings is 1. The van der Waals surface area contributed by atoms with E-state index in [0.29, 0.717) is 4.53 Å². The number of hydrogen-bond donors (Lipinski definition) is 0. The number of para-hydroxylation sites is 1. The predicted octanol–water partition coefficient (Wildman–Crippen LogP) is 4.39. The molecule has 1 aliphatic carbocycles. The molecule has 0 bridgehead atoms. The molecule has 1 aliphatic heterocycles. The first-order chi connectivity index (χ1) is 15.7. The second-order valence-corrected chi connectivity index (χ2v) is 9.86. The Morgan fingerprint density at radius 1 is 1.06 bits per heavy atom. The number of rotatable bonds is 3. The molecule has 3 heterocycles. The third-order valence-electron chi connectivity index (χ3n) is 6.11. The van der Waals surface area contributed by atoms with Gasteiger partial charge in [0.15, 0.2) is 4.80 Å². The van der Waals surface area contributed by atoms with E-state index in [4.69, 9.17) is 9.73 Å². The van der Waals surface area contributed by atoms with Gasteiger partial charge < -0.3 is 4.74 Å². The van der Waals surface area contributed by atoms with Gasteiger partial charge >= 0.3 is 0 Å². The molecule has 4 nitrogen and oxygen atoms in total. The summed E-state index contributed by atoms with van der Waals surface area (Å²) in [6.45, 7) is 0. The van der Waals surface area contributed by atoms with Crippen molar-refractivity contribution >= 4 is 34.4 Å². The standard InChI is InChI=1S/C26H20N2O2S2/c1-30-20-10-5-3-8-17(20)15-22-25(29)28-24(21-11-6-14-31-21)19-13-12-16-7-2-4-9-18(16)23(19)27-26(28)32-22/h2-11,14-15,24H,12-13H2,1H3/b22-15-/t24-/m0/s1. The molecule has 4 aromatic rings. The zero-order valence-corrected chi connectivity index (χ0v) is 19.1. The molecule has 0 amide bonds. The van der Waals surface area contributed by atoms with Crippen molar-refractivity contribution in [2.45, 2.75) is 18.9 Å². The Morgan fingerprint density at radius 2 is 1.91 bits per heavy atom. The van der Waals surface area contributed by atoms with Crippen LogP contribution < -0.4 is 19.6 Å². The number of aromatic nitrogens is 1. The summed E-state index contributed by atoms with van der Waals surface area (Å²) in [5.41, 5.74) is 5.69. The molecule has 0 fully saturated rings. The average Bonchev–Trinajstić information content (AvgIpc) is 3.47. The molecule has 0 unspecified atom stereocenters. The Morgan fingerprint density at radius 3 is 2.75 bits per heavy atom. The van der Waals surface area contributed by atoms with Gasteiger partial charge in [0.2, 0.25) is 0 Å².